The van der Waals surface area contributed by atoms with Crippen molar-refractivity contribution < 1.29 is 18.3 Å². The summed E-state index contributed by atoms with van der Waals surface area (Å²) in [6, 6.07) is 7.83. The first kappa shape index (κ1) is 16.8. The van der Waals surface area contributed by atoms with Crippen molar-refractivity contribution in [1.29, 1.82) is 0 Å². The number of ether oxygens (including phenoxy) is 1. The summed E-state index contributed by atoms with van der Waals surface area (Å²) in [6.45, 7) is 0.739. The van der Waals surface area contributed by atoms with E-state index in [1.807, 2.05) is 0 Å². The van der Waals surface area contributed by atoms with Crippen LogP contribution in [0, 0.1) is 0 Å². The Morgan fingerprint density at radius 1 is 1.22 bits per heavy atom. The van der Waals surface area contributed by atoms with Crippen molar-refractivity contribution in [3.05, 3.63) is 42.2 Å². The molecule has 0 unspecified atom stereocenters. The number of nitrogens with zero attached hydrogens (tertiary/aromatic N) is 2. The van der Waals surface area contributed by atoms with Crippen molar-refractivity contribution in [2.75, 3.05) is 24.4 Å². The van der Waals surface area contributed by atoms with E-state index in [1.165, 1.54) is 19.4 Å². The third-order valence-corrected chi connectivity index (χ3v) is 2.81. The van der Waals surface area contributed by atoms with Crippen molar-refractivity contribution in [1.82, 2.24) is 9.97 Å². The van der Waals surface area contributed by atoms with E-state index in [-0.39, 0.29) is 24.2 Å². The molecule has 0 fully saturated rings. The van der Waals surface area contributed by atoms with Crippen molar-refractivity contribution in [2.24, 2.45) is 0 Å². The summed E-state index contributed by atoms with van der Waals surface area (Å²) in [5.41, 5.74) is 0.831. The van der Waals surface area contributed by atoms with Gasteiger partial charge in [-0.1, -0.05) is 0 Å². The van der Waals surface area contributed by atoms with Crippen molar-refractivity contribution >= 4 is 23.2 Å². The third kappa shape index (κ3) is 4.96. The summed E-state index contributed by atoms with van der Waals surface area (Å²) in [6.07, 6.45) is 1.27. The number of nitrogens with one attached hydrogen (secondary N) is 2. The van der Waals surface area contributed by atoms with Gasteiger partial charge in [-0.2, -0.15) is 8.78 Å². The summed E-state index contributed by atoms with van der Waals surface area (Å²) < 4.78 is 31.2. The topological polar surface area (TPSA) is 76.1 Å². The zero-order chi connectivity index (χ0) is 16.9. The molecule has 8 heteroatoms. The number of rotatable bonds is 6. The van der Waals surface area contributed by atoms with Gasteiger partial charge in [0.25, 0.3) is 5.92 Å². The van der Waals surface area contributed by atoms with Crippen molar-refractivity contribution in [3.8, 4) is 0 Å². The predicted octanol–water partition coefficient (Wildman–Crippen LogP) is 2.92. The van der Waals surface area contributed by atoms with Gasteiger partial charge < -0.3 is 15.4 Å². The molecule has 0 saturated carbocycles. The van der Waals surface area contributed by atoms with Gasteiger partial charge in [-0.05, 0) is 30.3 Å². The highest BCUT2D eigenvalue weighted by atomic mass is 19.3. The van der Waals surface area contributed by atoms with Crippen LogP contribution in [0.15, 0.2) is 36.5 Å². The van der Waals surface area contributed by atoms with Crippen LogP contribution in [0.1, 0.15) is 12.6 Å². The highest BCUT2D eigenvalue weighted by molar-refractivity contribution is 5.91. The van der Waals surface area contributed by atoms with Gasteiger partial charge in [0.05, 0.1) is 0 Å². The van der Waals surface area contributed by atoms with E-state index in [1.54, 1.807) is 24.3 Å². The second-order valence-electron chi connectivity index (χ2n) is 4.84. The Bertz CT molecular complexity index is 672. The molecular formula is C15H16F2N4O2. The average molecular weight is 322 g/mol. The van der Waals surface area contributed by atoms with Gasteiger partial charge >= 0.3 is 0 Å². The molecule has 2 N–H and O–H groups in total. The lowest BCUT2D eigenvalue weighted by Crippen LogP contribution is -2.16. The molecule has 23 heavy (non-hydrogen) atoms. The van der Waals surface area contributed by atoms with Crippen molar-refractivity contribution in [2.45, 2.75) is 12.8 Å². The molecule has 2 rings (SSSR count). The molecule has 1 heterocycles. The van der Waals surface area contributed by atoms with Crippen LogP contribution in [0.25, 0.3) is 0 Å². The molecule has 0 saturated heterocycles. The molecule has 1 aromatic heterocycles. The van der Waals surface area contributed by atoms with E-state index in [0.29, 0.717) is 11.4 Å². The van der Waals surface area contributed by atoms with Crippen LogP contribution in [-0.2, 0) is 15.5 Å². The van der Waals surface area contributed by atoms with Crippen LogP contribution in [0.5, 0.6) is 0 Å². The molecule has 1 amide bonds. The molecule has 6 nitrogen and oxygen atoms in total. The summed E-state index contributed by atoms with van der Waals surface area (Å²) in [5, 5.41) is 5.47. The van der Waals surface area contributed by atoms with Gasteiger partial charge in [0.1, 0.15) is 12.3 Å². The molecule has 0 aliphatic heterocycles. The van der Waals surface area contributed by atoms with Crippen molar-refractivity contribution in [3.63, 3.8) is 0 Å². The van der Waals surface area contributed by atoms with E-state index in [9.17, 15) is 13.6 Å². The second kappa shape index (κ2) is 7.10. The number of hydrogen-bond donors (Lipinski definition) is 2. The maximum atomic E-state index is 13.2. The highest BCUT2D eigenvalue weighted by Gasteiger charge is 2.26. The van der Waals surface area contributed by atoms with Crippen LogP contribution >= 0.6 is 0 Å². The predicted molar refractivity (Wildman–Crippen MR) is 81.8 cm³/mol. The lowest BCUT2D eigenvalue weighted by atomic mass is 10.2. The maximum Gasteiger partial charge on any atom is 0.287 e. The number of alkyl halides is 2. The first-order chi connectivity index (χ1) is 10.9. The van der Waals surface area contributed by atoms with Gasteiger partial charge in [-0.3, -0.25) is 4.79 Å². The lowest BCUT2D eigenvalue weighted by Gasteiger charge is -2.11. The maximum absolute atomic E-state index is 13.2. The fourth-order valence-electron chi connectivity index (χ4n) is 1.76. The number of benzene rings is 1. The number of aromatic nitrogens is 2. The Labute approximate surface area is 131 Å². The molecule has 0 aliphatic rings. The Morgan fingerprint density at radius 3 is 2.48 bits per heavy atom. The number of carbonyl (C=O) groups excluding carboxylic acids is 1. The Hall–Kier alpha value is -2.61. The standard InChI is InChI=1S/C15H16F2N4O2/c1-15(16,17)12-7-8-18-14(21-12)20-11-5-3-10(4-6-11)19-13(22)9-23-2/h3-8H,9H2,1-2H3,(H,19,22)(H,18,20,21). The van der Waals surface area contributed by atoms with Gasteiger partial charge in [0.15, 0.2) is 0 Å². The molecule has 122 valence electrons. The normalized spacial score (nSPS) is 11.1. The minimum Gasteiger partial charge on any atom is -0.375 e. The molecular weight excluding hydrogens is 306 g/mol. The van der Waals surface area contributed by atoms with Gasteiger partial charge in [0.2, 0.25) is 11.9 Å². The largest absolute Gasteiger partial charge is 0.375 e. The first-order valence-electron chi connectivity index (χ1n) is 6.75. The molecule has 0 atom stereocenters. The number of carbonyl (C=O) groups is 1. The fourth-order valence-corrected chi connectivity index (χ4v) is 1.76. The monoisotopic (exact) mass is 322 g/mol. The average Bonchev–Trinajstić information content (AvgIpc) is 2.49. The van der Waals surface area contributed by atoms with Crippen LogP contribution in [-0.4, -0.2) is 29.6 Å². The Kier molecular flexibility index (Phi) is 5.17. The van der Waals surface area contributed by atoms with E-state index >= 15 is 0 Å². The van der Waals surface area contributed by atoms with E-state index in [4.69, 9.17) is 4.74 Å². The Morgan fingerprint density at radius 2 is 1.87 bits per heavy atom. The number of halogens is 2. The quantitative estimate of drug-likeness (QED) is 0.855. The number of hydrogen-bond acceptors (Lipinski definition) is 5. The van der Waals surface area contributed by atoms with Gasteiger partial charge in [0, 0.05) is 31.6 Å². The number of anilines is 3. The van der Waals surface area contributed by atoms with E-state index in [0.717, 1.165) is 6.92 Å². The summed E-state index contributed by atoms with van der Waals surface area (Å²) in [4.78, 5) is 19.1. The molecule has 0 radical (unpaired) electrons. The van der Waals surface area contributed by atoms with E-state index in [2.05, 4.69) is 20.6 Å². The van der Waals surface area contributed by atoms with Crippen LogP contribution in [0.2, 0.25) is 0 Å². The van der Waals surface area contributed by atoms with Crippen LogP contribution < -0.4 is 10.6 Å². The van der Waals surface area contributed by atoms with E-state index < -0.39 is 5.92 Å². The van der Waals surface area contributed by atoms with Gasteiger partial charge in [-0.25, -0.2) is 9.97 Å². The smallest absolute Gasteiger partial charge is 0.287 e. The zero-order valence-corrected chi connectivity index (χ0v) is 12.6. The first-order valence-corrected chi connectivity index (χ1v) is 6.75. The van der Waals surface area contributed by atoms with Crippen LogP contribution in [0.4, 0.5) is 26.1 Å². The van der Waals surface area contributed by atoms with Crippen LogP contribution in [0.3, 0.4) is 0 Å². The SMILES string of the molecule is COCC(=O)Nc1ccc(Nc2nccc(C(C)(F)F)n2)cc1. The minimum absolute atomic E-state index is 0.0359. The molecule has 0 bridgehead atoms. The second-order valence-corrected chi connectivity index (χ2v) is 4.84. The fraction of sp³-hybridized carbons (Fsp3) is 0.267. The highest BCUT2D eigenvalue weighted by Crippen LogP contribution is 2.25. The third-order valence-electron chi connectivity index (χ3n) is 2.81. The van der Waals surface area contributed by atoms with Gasteiger partial charge in [-0.15, -0.1) is 0 Å². The number of methoxy groups -OCH3 is 1. The summed E-state index contributed by atoms with van der Waals surface area (Å²) in [7, 11) is 1.43. The summed E-state index contributed by atoms with van der Waals surface area (Å²) in [5.74, 6) is -3.23. The molecule has 2 aromatic rings. The zero-order valence-electron chi connectivity index (χ0n) is 12.6. The minimum atomic E-state index is -3.03. The Balaban J connectivity index is 2.05. The molecule has 1 aromatic carbocycles. The molecule has 0 aliphatic carbocycles. The summed E-state index contributed by atoms with van der Waals surface area (Å²) >= 11 is 0. The lowest BCUT2D eigenvalue weighted by molar-refractivity contribution is -0.119. The number of amides is 1. The molecule has 0 spiro atoms.